The minimum Gasteiger partial charge on any atom is -0.366 e. The predicted molar refractivity (Wildman–Crippen MR) is 103 cm³/mol. The van der Waals surface area contributed by atoms with E-state index in [4.69, 9.17) is 0 Å². The van der Waals surface area contributed by atoms with Gasteiger partial charge in [0.15, 0.2) is 9.84 Å². The van der Waals surface area contributed by atoms with Crippen molar-refractivity contribution in [3.8, 4) is 0 Å². The van der Waals surface area contributed by atoms with Crippen molar-refractivity contribution in [3.05, 3.63) is 48.3 Å². The average molecular weight is 371 g/mol. The fraction of sp³-hybridized carbons (Fsp3) is 0.333. The summed E-state index contributed by atoms with van der Waals surface area (Å²) in [6, 6.07) is 9.91. The quantitative estimate of drug-likeness (QED) is 0.614. The zero-order valence-corrected chi connectivity index (χ0v) is 15.1. The Balaban J connectivity index is 1.35. The number of nitrogens with zero attached hydrogens (tertiary/aromatic N) is 2. The molecule has 0 spiro atoms. The molecule has 1 fully saturated rings. The van der Waals surface area contributed by atoms with Gasteiger partial charge in [-0.2, -0.15) is 4.98 Å². The molecule has 1 unspecified atom stereocenters. The molecule has 26 heavy (non-hydrogen) atoms. The van der Waals surface area contributed by atoms with Crippen LogP contribution in [0.1, 0.15) is 12.0 Å². The minimum absolute atomic E-state index is 0.0750. The Kier molecular flexibility index (Phi) is 4.50. The summed E-state index contributed by atoms with van der Waals surface area (Å²) in [5, 5.41) is 7.65. The average Bonchev–Trinajstić information content (AvgIpc) is 3.18. The van der Waals surface area contributed by atoms with Crippen LogP contribution in [0, 0.1) is 0 Å². The molecule has 1 aliphatic rings. The Bertz CT molecular complexity index is 1020. The molecule has 0 radical (unpaired) electrons. The highest BCUT2D eigenvalue weighted by atomic mass is 32.2. The van der Waals surface area contributed by atoms with Crippen molar-refractivity contribution in [2.75, 3.05) is 28.7 Å². The molecular formula is C18H21N5O2S. The highest BCUT2D eigenvalue weighted by Crippen LogP contribution is 2.19. The molecule has 3 heterocycles. The third-order valence-electron chi connectivity index (χ3n) is 4.59. The second kappa shape index (κ2) is 6.95. The Morgan fingerprint density at radius 3 is 2.96 bits per heavy atom. The minimum atomic E-state index is -2.91. The Morgan fingerprint density at radius 1 is 1.23 bits per heavy atom. The predicted octanol–water partition coefficient (Wildman–Crippen LogP) is 2.21. The van der Waals surface area contributed by atoms with Gasteiger partial charge in [-0.3, -0.25) is 0 Å². The van der Waals surface area contributed by atoms with Crippen LogP contribution in [-0.4, -0.2) is 47.5 Å². The van der Waals surface area contributed by atoms with E-state index in [2.05, 4.69) is 37.7 Å². The highest BCUT2D eigenvalue weighted by molar-refractivity contribution is 7.91. The zero-order valence-electron chi connectivity index (χ0n) is 14.3. The molecule has 7 nitrogen and oxygen atoms in total. The second-order valence-corrected chi connectivity index (χ2v) is 8.77. The maximum atomic E-state index is 11.6. The van der Waals surface area contributed by atoms with E-state index >= 15 is 0 Å². The van der Waals surface area contributed by atoms with E-state index in [0.717, 1.165) is 11.9 Å². The smallest absolute Gasteiger partial charge is 0.224 e. The van der Waals surface area contributed by atoms with Crippen LogP contribution in [0.5, 0.6) is 0 Å². The van der Waals surface area contributed by atoms with Gasteiger partial charge in [0, 0.05) is 35.9 Å². The van der Waals surface area contributed by atoms with E-state index < -0.39 is 9.84 Å². The summed E-state index contributed by atoms with van der Waals surface area (Å²) >= 11 is 0. The molecule has 0 aliphatic carbocycles. The van der Waals surface area contributed by atoms with Gasteiger partial charge in [0.1, 0.15) is 5.82 Å². The van der Waals surface area contributed by atoms with Gasteiger partial charge in [0.25, 0.3) is 0 Å². The molecule has 3 N–H and O–H groups in total. The van der Waals surface area contributed by atoms with Crippen molar-refractivity contribution in [2.45, 2.75) is 18.9 Å². The zero-order chi connectivity index (χ0) is 18.0. The molecule has 2 aromatic heterocycles. The number of para-hydroxylation sites is 1. The summed E-state index contributed by atoms with van der Waals surface area (Å²) < 4.78 is 23.1. The molecule has 0 amide bonds. The highest BCUT2D eigenvalue weighted by Gasteiger charge is 2.27. The van der Waals surface area contributed by atoms with Crippen LogP contribution in [0.25, 0.3) is 10.9 Å². The number of H-pyrrole nitrogens is 1. The van der Waals surface area contributed by atoms with Gasteiger partial charge >= 0.3 is 0 Å². The van der Waals surface area contributed by atoms with Crippen LogP contribution >= 0.6 is 0 Å². The van der Waals surface area contributed by atoms with Crippen molar-refractivity contribution in [3.63, 3.8) is 0 Å². The molecule has 1 aromatic carbocycles. The van der Waals surface area contributed by atoms with Crippen LogP contribution < -0.4 is 10.6 Å². The number of fused-ring (bicyclic) bond motifs is 1. The third kappa shape index (κ3) is 3.80. The summed E-state index contributed by atoms with van der Waals surface area (Å²) in [7, 11) is -2.91. The summed E-state index contributed by atoms with van der Waals surface area (Å²) in [4.78, 5) is 11.9. The lowest BCUT2D eigenvalue weighted by atomic mass is 10.1. The van der Waals surface area contributed by atoms with Gasteiger partial charge in [0.05, 0.1) is 11.5 Å². The van der Waals surface area contributed by atoms with Gasteiger partial charge in [-0.05, 0) is 30.5 Å². The van der Waals surface area contributed by atoms with Gasteiger partial charge in [-0.1, -0.05) is 18.2 Å². The number of rotatable bonds is 6. The van der Waals surface area contributed by atoms with E-state index in [1.54, 1.807) is 12.3 Å². The number of benzene rings is 1. The number of sulfone groups is 1. The van der Waals surface area contributed by atoms with E-state index in [9.17, 15) is 8.42 Å². The maximum Gasteiger partial charge on any atom is 0.224 e. The first-order valence-electron chi connectivity index (χ1n) is 8.68. The topological polar surface area (TPSA) is 99.8 Å². The fourth-order valence-corrected chi connectivity index (χ4v) is 4.96. The molecular weight excluding hydrogens is 350 g/mol. The van der Waals surface area contributed by atoms with Crippen LogP contribution in [0.4, 0.5) is 11.8 Å². The molecule has 1 saturated heterocycles. The largest absolute Gasteiger partial charge is 0.366 e. The molecule has 136 valence electrons. The van der Waals surface area contributed by atoms with E-state index in [1.165, 1.54) is 10.9 Å². The second-order valence-electron chi connectivity index (χ2n) is 6.55. The molecule has 3 aromatic rings. The van der Waals surface area contributed by atoms with Crippen LogP contribution in [-0.2, 0) is 16.3 Å². The van der Waals surface area contributed by atoms with Crippen LogP contribution in [0.15, 0.2) is 42.7 Å². The summed E-state index contributed by atoms with van der Waals surface area (Å²) in [6.45, 7) is 0.711. The van der Waals surface area contributed by atoms with Crippen molar-refractivity contribution >= 4 is 32.5 Å². The standard InChI is InChI=1S/C18H21N5O2S/c24-26(25)10-7-14(12-26)22-17-6-9-20-18(23-17)19-8-5-13-11-21-16-4-2-1-3-15(13)16/h1-4,6,9,11,14,21H,5,7-8,10,12H2,(H2,19,20,22,23). The Morgan fingerprint density at radius 2 is 2.12 bits per heavy atom. The lowest BCUT2D eigenvalue weighted by molar-refractivity contribution is 0.602. The lowest BCUT2D eigenvalue weighted by Crippen LogP contribution is -2.21. The van der Waals surface area contributed by atoms with Crippen molar-refractivity contribution in [2.24, 2.45) is 0 Å². The SMILES string of the molecule is O=S1(=O)CCC(Nc2ccnc(NCCc3c[nH]c4ccccc34)n2)C1. The summed E-state index contributed by atoms with van der Waals surface area (Å²) in [5.41, 5.74) is 2.38. The van der Waals surface area contributed by atoms with Crippen molar-refractivity contribution in [1.29, 1.82) is 0 Å². The molecule has 4 rings (SSSR count). The van der Waals surface area contributed by atoms with Crippen molar-refractivity contribution < 1.29 is 8.42 Å². The number of hydrogen-bond acceptors (Lipinski definition) is 6. The van der Waals surface area contributed by atoms with Gasteiger partial charge in [-0.25, -0.2) is 13.4 Å². The third-order valence-corrected chi connectivity index (χ3v) is 6.36. The van der Waals surface area contributed by atoms with Crippen LogP contribution in [0.2, 0.25) is 0 Å². The fourth-order valence-electron chi connectivity index (χ4n) is 3.29. The number of aromatic amines is 1. The van der Waals surface area contributed by atoms with Gasteiger partial charge < -0.3 is 15.6 Å². The van der Waals surface area contributed by atoms with Crippen LogP contribution in [0.3, 0.4) is 0 Å². The molecule has 8 heteroatoms. The van der Waals surface area contributed by atoms with E-state index in [0.29, 0.717) is 24.7 Å². The van der Waals surface area contributed by atoms with E-state index in [1.807, 2.05) is 18.3 Å². The number of aromatic nitrogens is 3. The molecule has 1 atom stereocenters. The number of anilines is 2. The monoisotopic (exact) mass is 371 g/mol. The number of nitrogens with one attached hydrogen (secondary N) is 3. The summed E-state index contributed by atoms with van der Waals surface area (Å²) in [6.07, 6.45) is 5.18. The first-order valence-corrected chi connectivity index (χ1v) is 10.5. The van der Waals surface area contributed by atoms with Gasteiger partial charge in [-0.15, -0.1) is 0 Å². The first kappa shape index (κ1) is 16.8. The lowest BCUT2D eigenvalue weighted by Gasteiger charge is -2.12. The maximum absolute atomic E-state index is 11.6. The first-order chi connectivity index (χ1) is 12.6. The normalized spacial score (nSPS) is 18.8. The van der Waals surface area contributed by atoms with Crippen molar-refractivity contribution in [1.82, 2.24) is 15.0 Å². The Hall–Kier alpha value is -2.61. The molecule has 0 saturated carbocycles. The molecule has 1 aliphatic heterocycles. The number of hydrogen-bond donors (Lipinski definition) is 3. The van der Waals surface area contributed by atoms with Gasteiger partial charge in [0.2, 0.25) is 5.95 Å². The molecule has 0 bridgehead atoms. The van der Waals surface area contributed by atoms with E-state index in [-0.39, 0.29) is 17.5 Å². The Labute approximate surface area is 152 Å². The summed E-state index contributed by atoms with van der Waals surface area (Å²) in [5.74, 6) is 1.60.